The largest absolute Gasteiger partial charge is 0.479 e. The topological polar surface area (TPSA) is 78.4 Å². The van der Waals surface area contributed by atoms with E-state index in [0.717, 1.165) is 13.0 Å². The van der Waals surface area contributed by atoms with Gasteiger partial charge in [-0.1, -0.05) is 30.3 Å². The molecule has 108 valence electrons. The van der Waals surface area contributed by atoms with Crippen molar-refractivity contribution in [2.75, 3.05) is 6.54 Å². The third kappa shape index (κ3) is 2.54. The van der Waals surface area contributed by atoms with Crippen LogP contribution in [0, 0.1) is 0 Å². The van der Waals surface area contributed by atoms with Crippen molar-refractivity contribution in [3.05, 3.63) is 35.9 Å². The van der Waals surface area contributed by atoms with E-state index in [0.29, 0.717) is 12.0 Å². The van der Waals surface area contributed by atoms with E-state index in [1.165, 1.54) is 6.92 Å². The first-order valence-electron chi connectivity index (χ1n) is 6.75. The standard InChI is InChI=1S/C15H20N2O3/c1-14(9-6-10-16-14)12(18)17-15(2,13(19)20)11-7-4-3-5-8-11/h3-5,7-8,16H,6,9-10H2,1-2H3,(H,17,18)(H,19,20). The van der Waals surface area contributed by atoms with Gasteiger partial charge in [0.2, 0.25) is 5.91 Å². The van der Waals surface area contributed by atoms with Crippen LogP contribution in [0.4, 0.5) is 0 Å². The molecule has 0 radical (unpaired) electrons. The Labute approximate surface area is 118 Å². The summed E-state index contributed by atoms with van der Waals surface area (Å²) in [4.78, 5) is 24.1. The summed E-state index contributed by atoms with van der Waals surface area (Å²) in [5.41, 5.74) is -1.56. The van der Waals surface area contributed by atoms with Crippen LogP contribution >= 0.6 is 0 Å². The summed E-state index contributed by atoms with van der Waals surface area (Å²) < 4.78 is 0. The SMILES string of the molecule is CC1(C(=O)NC(C)(C(=O)O)c2ccccc2)CCCN1. The molecule has 5 nitrogen and oxygen atoms in total. The van der Waals surface area contributed by atoms with E-state index in [1.54, 1.807) is 24.3 Å². The second-order valence-electron chi connectivity index (χ2n) is 5.61. The monoisotopic (exact) mass is 276 g/mol. The van der Waals surface area contributed by atoms with Crippen LogP contribution in [0.15, 0.2) is 30.3 Å². The molecule has 1 aliphatic heterocycles. The lowest BCUT2D eigenvalue weighted by Crippen LogP contribution is -2.59. The number of hydrogen-bond acceptors (Lipinski definition) is 3. The molecule has 1 saturated heterocycles. The summed E-state index contributed by atoms with van der Waals surface area (Å²) in [6.07, 6.45) is 1.63. The lowest BCUT2D eigenvalue weighted by molar-refractivity contribution is -0.148. The molecule has 20 heavy (non-hydrogen) atoms. The second-order valence-corrected chi connectivity index (χ2v) is 5.61. The number of aliphatic carboxylic acids is 1. The summed E-state index contributed by atoms with van der Waals surface area (Å²) in [7, 11) is 0. The van der Waals surface area contributed by atoms with Gasteiger partial charge in [-0.15, -0.1) is 0 Å². The highest BCUT2D eigenvalue weighted by Crippen LogP contribution is 2.25. The third-order valence-electron chi connectivity index (χ3n) is 4.01. The Morgan fingerprint density at radius 1 is 1.35 bits per heavy atom. The van der Waals surface area contributed by atoms with Crippen LogP contribution in [0.25, 0.3) is 0 Å². The number of benzene rings is 1. The Kier molecular flexibility index (Phi) is 3.81. The zero-order valence-corrected chi connectivity index (χ0v) is 11.8. The predicted octanol–water partition coefficient (Wildman–Crippen LogP) is 1.24. The lowest BCUT2D eigenvalue weighted by atomic mass is 9.89. The van der Waals surface area contributed by atoms with Crippen LogP contribution in [0.2, 0.25) is 0 Å². The number of carbonyl (C=O) groups is 2. The molecule has 1 fully saturated rings. The Morgan fingerprint density at radius 2 is 2.00 bits per heavy atom. The van der Waals surface area contributed by atoms with Gasteiger partial charge in [0.05, 0.1) is 5.54 Å². The fourth-order valence-electron chi connectivity index (χ4n) is 2.47. The van der Waals surface area contributed by atoms with Gasteiger partial charge in [0.25, 0.3) is 0 Å². The fourth-order valence-corrected chi connectivity index (χ4v) is 2.47. The van der Waals surface area contributed by atoms with Gasteiger partial charge in [0, 0.05) is 0 Å². The van der Waals surface area contributed by atoms with Crippen LogP contribution < -0.4 is 10.6 Å². The van der Waals surface area contributed by atoms with Gasteiger partial charge in [-0.05, 0) is 38.8 Å². The normalized spacial score (nSPS) is 24.9. The van der Waals surface area contributed by atoms with E-state index in [2.05, 4.69) is 10.6 Å². The van der Waals surface area contributed by atoms with Gasteiger partial charge in [-0.25, -0.2) is 4.79 Å². The Balaban J connectivity index is 2.26. The highest BCUT2D eigenvalue weighted by atomic mass is 16.4. The van der Waals surface area contributed by atoms with Gasteiger partial charge in [-0.3, -0.25) is 4.79 Å². The summed E-state index contributed by atoms with van der Waals surface area (Å²) >= 11 is 0. The van der Waals surface area contributed by atoms with Crippen molar-refractivity contribution in [2.24, 2.45) is 0 Å². The van der Waals surface area contributed by atoms with Gasteiger partial charge in [0.1, 0.15) is 0 Å². The van der Waals surface area contributed by atoms with Crippen molar-refractivity contribution in [3.8, 4) is 0 Å². The molecule has 0 bridgehead atoms. The van der Waals surface area contributed by atoms with Crippen molar-refractivity contribution < 1.29 is 14.7 Å². The molecule has 3 N–H and O–H groups in total. The Hall–Kier alpha value is -1.88. The number of rotatable bonds is 4. The minimum absolute atomic E-state index is 0.274. The molecule has 1 amide bonds. The van der Waals surface area contributed by atoms with Crippen molar-refractivity contribution in [2.45, 2.75) is 37.8 Å². The van der Waals surface area contributed by atoms with Crippen molar-refractivity contribution >= 4 is 11.9 Å². The molecule has 2 atom stereocenters. The number of amides is 1. The minimum atomic E-state index is -1.42. The molecule has 1 aliphatic rings. The van der Waals surface area contributed by atoms with E-state index in [1.807, 2.05) is 13.0 Å². The average molecular weight is 276 g/mol. The first-order valence-corrected chi connectivity index (χ1v) is 6.75. The van der Waals surface area contributed by atoms with Gasteiger partial charge < -0.3 is 15.7 Å². The maximum atomic E-state index is 12.4. The predicted molar refractivity (Wildman–Crippen MR) is 75.2 cm³/mol. The molecule has 1 heterocycles. The lowest BCUT2D eigenvalue weighted by Gasteiger charge is -2.32. The number of carbonyl (C=O) groups excluding carboxylic acids is 1. The molecule has 1 aromatic rings. The van der Waals surface area contributed by atoms with Crippen LogP contribution in [0.1, 0.15) is 32.3 Å². The van der Waals surface area contributed by atoms with Gasteiger partial charge in [0.15, 0.2) is 5.54 Å². The van der Waals surface area contributed by atoms with E-state index in [4.69, 9.17) is 0 Å². The quantitative estimate of drug-likeness (QED) is 0.773. The molecule has 0 aromatic heterocycles. The zero-order valence-electron chi connectivity index (χ0n) is 11.8. The highest BCUT2D eigenvalue weighted by molar-refractivity contribution is 5.92. The van der Waals surface area contributed by atoms with E-state index in [9.17, 15) is 14.7 Å². The summed E-state index contributed by atoms with van der Waals surface area (Å²) in [6, 6.07) is 8.75. The van der Waals surface area contributed by atoms with Crippen LogP contribution in [0.3, 0.4) is 0 Å². The number of carboxylic acid groups (broad SMARTS) is 1. The highest BCUT2D eigenvalue weighted by Gasteiger charge is 2.43. The average Bonchev–Trinajstić information content (AvgIpc) is 2.87. The molecule has 2 rings (SSSR count). The summed E-state index contributed by atoms with van der Waals surface area (Å²) in [6.45, 7) is 4.10. The van der Waals surface area contributed by atoms with E-state index < -0.39 is 17.0 Å². The van der Waals surface area contributed by atoms with Crippen LogP contribution in [0.5, 0.6) is 0 Å². The molecule has 0 saturated carbocycles. The van der Waals surface area contributed by atoms with Gasteiger partial charge >= 0.3 is 5.97 Å². The first-order chi connectivity index (χ1) is 9.38. The summed E-state index contributed by atoms with van der Waals surface area (Å²) in [5.74, 6) is -1.34. The maximum Gasteiger partial charge on any atom is 0.333 e. The Bertz CT molecular complexity index is 509. The summed E-state index contributed by atoms with van der Waals surface area (Å²) in [5, 5.41) is 15.4. The number of hydrogen-bond donors (Lipinski definition) is 3. The first kappa shape index (κ1) is 14.5. The maximum absolute atomic E-state index is 12.4. The fraction of sp³-hybridized carbons (Fsp3) is 0.467. The van der Waals surface area contributed by atoms with Crippen molar-refractivity contribution in [1.29, 1.82) is 0 Å². The van der Waals surface area contributed by atoms with Crippen LogP contribution in [-0.4, -0.2) is 29.1 Å². The molecule has 0 spiro atoms. The molecule has 1 aromatic carbocycles. The van der Waals surface area contributed by atoms with Crippen molar-refractivity contribution in [3.63, 3.8) is 0 Å². The molecular weight excluding hydrogens is 256 g/mol. The smallest absolute Gasteiger partial charge is 0.333 e. The van der Waals surface area contributed by atoms with Crippen molar-refractivity contribution in [1.82, 2.24) is 10.6 Å². The minimum Gasteiger partial charge on any atom is -0.479 e. The molecule has 5 heteroatoms. The molecule has 2 unspecified atom stereocenters. The van der Waals surface area contributed by atoms with Gasteiger partial charge in [-0.2, -0.15) is 0 Å². The van der Waals surface area contributed by atoms with Crippen LogP contribution in [-0.2, 0) is 15.1 Å². The second kappa shape index (κ2) is 5.25. The third-order valence-corrected chi connectivity index (χ3v) is 4.01. The number of carboxylic acids is 1. The molecule has 0 aliphatic carbocycles. The number of nitrogens with one attached hydrogen (secondary N) is 2. The molecular formula is C15H20N2O3. The zero-order chi connectivity index (χ0) is 14.8. The Morgan fingerprint density at radius 3 is 2.50 bits per heavy atom. The van der Waals surface area contributed by atoms with E-state index >= 15 is 0 Å². The van der Waals surface area contributed by atoms with E-state index in [-0.39, 0.29) is 5.91 Å².